The molecule has 1 aromatic heterocycles. The Bertz CT molecular complexity index is 731. The molecule has 25 heavy (non-hydrogen) atoms. The fourth-order valence-electron chi connectivity index (χ4n) is 2.99. The van der Waals surface area contributed by atoms with Gasteiger partial charge in [-0.2, -0.15) is 0 Å². The zero-order valence-corrected chi connectivity index (χ0v) is 14.9. The number of hydrogen-bond donors (Lipinski definition) is 1. The van der Waals surface area contributed by atoms with Crippen molar-refractivity contribution in [3.8, 4) is 0 Å². The van der Waals surface area contributed by atoms with Crippen LogP contribution in [0.5, 0.6) is 0 Å². The molecule has 2 aromatic rings. The number of nitrogens with zero attached hydrogens (tertiary/aromatic N) is 4. The second-order valence-electron chi connectivity index (χ2n) is 6.59. The largest absolute Gasteiger partial charge is 0.354 e. The maximum atomic E-state index is 12.8. The normalized spacial score (nSPS) is 13.6. The van der Waals surface area contributed by atoms with Crippen LogP contribution < -0.4 is 5.32 Å². The van der Waals surface area contributed by atoms with E-state index in [4.69, 9.17) is 0 Å². The molecule has 0 fully saturated rings. The smallest absolute Gasteiger partial charge is 0.272 e. The van der Waals surface area contributed by atoms with Crippen molar-refractivity contribution < 1.29 is 4.79 Å². The van der Waals surface area contributed by atoms with E-state index in [0.29, 0.717) is 18.2 Å². The Morgan fingerprint density at radius 2 is 2.04 bits per heavy atom. The number of benzene rings is 1. The van der Waals surface area contributed by atoms with Crippen LogP contribution in [0.4, 0.5) is 5.95 Å². The van der Waals surface area contributed by atoms with E-state index in [-0.39, 0.29) is 5.91 Å². The van der Waals surface area contributed by atoms with Crippen LogP contribution in [0.15, 0.2) is 36.5 Å². The van der Waals surface area contributed by atoms with Crippen molar-refractivity contribution in [3.05, 3.63) is 53.3 Å². The number of rotatable bonds is 6. The van der Waals surface area contributed by atoms with Crippen LogP contribution >= 0.6 is 0 Å². The molecule has 6 nitrogen and oxygen atoms in total. The molecular weight excluding hydrogens is 314 g/mol. The lowest BCUT2D eigenvalue weighted by atomic mass is 10.00. The van der Waals surface area contributed by atoms with Gasteiger partial charge in [0.15, 0.2) is 0 Å². The van der Waals surface area contributed by atoms with Gasteiger partial charge in [-0.05, 0) is 50.7 Å². The van der Waals surface area contributed by atoms with Crippen LogP contribution in [0, 0.1) is 0 Å². The second kappa shape index (κ2) is 8.07. The number of nitrogens with one attached hydrogen (secondary N) is 1. The van der Waals surface area contributed by atoms with Gasteiger partial charge in [-0.3, -0.25) is 4.79 Å². The number of anilines is 1. The summed E-state index contributed by atoms with van der Waals surface area (Å²) in [4.78, 5) is 25.4. The van der Waals surface area contributed by atoms with E-state index in [2.05, 4.69) is 38.4 Å². The van der Waals surface area contributed by atoms with E-state index in [1.807, 2.05) is 25.1 Å². The topological polar surface area (TPSA) is 61.4 Å². The minimum atomic E-state index is -0.0340. The van der Waals surface area contributed by atoms with Gasteiger partial charge in [0.1, 0.15) is 5.69 Å². The first kappa shape index (κ1) is 17.4. The molecule has 1 aromatic carbocycles. The molecule has 2 heterocycles. The SMILES string of the molecule is CN(C)CCCNc1nccc(C(=O)N2CCc3ccccc3C2)n1. The molecule has 0 saturated heterocycles. The molecule has 6 heteroatoms. The lowest BCUT2D eigenvalue weighted by Crippen LogP contribution is -2.36. The quantitative estimate of drug-likeness (QED) is 0.816. The van der Waals surface area contributed by atoms with Gasteiger partial charge in [-0.1, -0.05) is 24.3 Å². The first-order valence-electron chi connectivity index (χ1n) is 8.71. The summed E-state index contributed by atoms with van der Waals surface area (Å²) < 4.78 is 0. The first-order chi connectivity index (χ1) is 12.1. The summed E-state index contributed by atoms with van der Waals surface area (Å²) in [6.45, 7) is 3.15. The fourth-order valence-corrected chi connectivity index (χ4v) is 2.99. The Hall–Kier alpha value is -2.47. The van der Waals surface area contributed by atoms with Crippen LogP contribution in [0.3, 0.4) is 0 Å². The Morgan fingerprint density at radius 1 is 1.24 bits per heavy atom. The lowest BCUT2D eigenvalue weighted by Gasteiger charge is -2.28. The van der Waals surface area contributed by atoms with Crippen LogP contribution in [0.2, 0.25) is 0 Å². The van der Waals surface area contributed by atoms with Crippen LogP contribution in [0.25, 0.3) is 0 Å². The summed E-state index contributed by atoms with van der Waals surface area (Å²) in [5, 5.41) is 3.19. The van der Waals surface area contributed by atoms with E-state index < -0.39 is 0 Å². The maximum absolute atomic E-state index is 12.8. The highest BCUT2D eigenvalue weighted by molar-refractivity contribution is 5.92. The van der Waals surface area contributed by atoms with Gasteiger partial charge in [-0.25, -0.2) is 9.97 Å². The van der Waals surface area contributed by atoms with Crippen molar-refractivity contribution in [1.82, 2.24) is 19.8 Å². The predicted octanol–water partition coefficient (Wildman–Crippen LogP) is 2.04. The number of amides is 1. The molecule has 0 saturated carbocycles. The second-order valence-corrected chi connectivity index (χ2v) is 6.59. The van der Waals surface area contributed by atoms with Gasteiger partial charge in [-0.15, -0.1) is 0 Å². The first-order valence-corrected chi connectivity index (χ1v) is 8.71. The molecule has 0 bridgehead atoms. The summed E-state index contributed by atoms with van der Waals surface area (Å²) in [5.74, 6) is 0.482. The molecule has 0 atom stereocenters. The average Bonchev–Trinajstić information content (AvgIpc) is 2.64. The van der Waals surface area contributed by atoms with E-state index in [9.17, 15) is 4.79 Å². The number of carbonyl (C=O) groups excluding carboxylic acids is 1. The van der Waals surface area contributed by atoms with Gasteiger partial charge in [0.2, 0.25) is 5.95 Å². The van der Waals surface area contributed by atoms with Crippen LogP contribution in [-0.2, 0) is 13.0 Å². The third-order valence-corrected chi connectivity index (χ3v) is 4.36. The molecule has 0 radical (unpaired) electrons. The van der Waals surface area contributed by atoms with Crippen molar-refractivity contribution in [2.45, 2.75) is 19.4 Å². The van der Waals surface area contributed by atoms with Crippen LogP contribution in [-0.4, -0.2) is 59.4 Å². The van der Waals surface area contributed by atoms with Gasteiger partial charge in [0.05, 0.1) is 0 Å². The molecule has 3 rings (SSSR count). The number of fused-ring (bicyclic) bond motifs is 1. The summed E-state index contributed by atoms with van der Waals surface area (Å²) >= 11 is 0. The maximum Gasteiger partial charge on any atom is 0.272 e. The van der Waals surface area contributed by atoms with Crippen molar-refractivity contribution >= 4 is 11.9 Å². The average molecular weight is 339 g/mol. The minimum absolute atomic E-state index is 0.0340. The van der Waals surface area contributed by atoms with E-state index in [1.165, 1.54) is 11.1 Å². The molecule has 0 spiro atoms. The highest BCUT2D eigenvalue weighted by Crippen LogP contribution is 2.20. The van der Waals surface area contributed by atoms with Crippen molar-refractivity contribution in [1.29, 1.82) is 0 Å². The zero-order valence-electron chi connectivity index (χ0n) is 14.9. The summed E-state index contributed by atoms with van der Waals surface area (Å²) in [6, 6.07) is 9.99. The molecule has 132 valence electrons. The van der Waals surface area contributed by atoms with Crippen molar-refractivity contribution in [2.75, 3.05) is 39.0 Å². The Labute approximate surface area is 148 Å². The van der Waals surface area contributed by atoms with Gasteiger partial charge in [0, 0.05) is 25.8 Å². The monoisotopic (exact) mass is 339 g/mol. The summed E-state index contributed by atoms with van der Waals surface area (Å²) in [6.07, 6.45) is 3.53. The highest BCUT2D eigenvalue weighted by Gasteiger charge is 2.22. The predicted molar refractivity (Wildman–Crippen MR) is 98.6 cm³/mol. The number of aromatic nitrogens is 2. The number of carbonyl (C=O) groups is 1. The molecular formula is C19H25N5O. The Kier molecular flexibility index (Phi) is 5.60. The molecule has 1 amide bonds. The molecule has 0 unspecified atom stereocenters. The Morgan fingerprint density at radius 3 is 2.84 bits per heavy atom. The standard InChI is InChI=1S/C19H25N5O/c1-23(2)12-5-10-20-19-21-11-8-17(22-19)18(25)24-13-9-15-6-3-4-7-16(15)14-24/h3-4,6-8,11H,5,9-10,12-14H2,1-2H3,(H,20,21,22). The molecule has 1 N–H and O–H groups in total. The van der Waals surface area contributed by atoms with Gasteiger partial charge >= 0.3 is 0 Å². The third-order valence-electron chi connectivity index (χ3n) is 4.36. The minimum Gasteiger partial charge on any atom is -0.354 e. The zero-order chi connectivity index (χ0) is 17.6. The van der Waals surface area contributed by atoms with Gasteiger partial charge in [0.25, 0.3) is 5.91 Å². The van der Waals surface area contributed by atoms with E-state index in [0.717, 1.165) is 32.5 Å². The number of hydrogen-bond acceptors (Lipinski definition) is 5. The highest BCUT2D eigenvalue weighted by atomic mass is 16.2. The van der Waals surface area contributed by atoms with Gasteiger partial charge < -0.3 is 15.1 Å². The molecule has 0 aliphatic carbocycles. The van der Waals surface area contributed by atoms with Crippen LogP contribution in [0.1, 0.15) is 28.0 Å². The lowest BCUT2D eigenvalue weighted by molar-refractivity contribution is 0.0728. The molecule has 1 aliphatic rings. The van der Waals surface area contributed by atoms with E-state index >= 15 is 0 Å². The third kappa shape index (κ3) is 4.54. The van der Waals surface area contributed by atoms with Crippen molar-refractivity contribution in [3.63, 3.8) is 0 Å². The Balaban J connectivity index is 1.62. The molecule has 1 aliphatic heterocycles. The summed E-state index contributed by atoms with van der Waals surface area (Å²) in [7, 11) is 4.10. The van der Waals surface area contributed by atoms with E-state index in [1.54, 1.807) is 12.3 Å². The summed E-state index contributed by atoms with van der Waals surface area (Å²) in [5.41, 5.74) is 3.00. The van der Waals surface area contributed by atoms with Crippen molar-refractivity contribution in [2.24, 2.45) is 0 Å². The fraction of sp³-hybridized carbons (Fsp3) is 0.421.